The number of aromatic nitrogens is 2. The molecule has 10 heteroatoms. The highest BCUT2D eigenvalue weighted by molar-refractivity contribution is 7.92. The molecule has 6 nitrogen and oxygen atoms in total. The van der Waals surface area contributed by atoms with Crippen LogP contribution in [0.15, 0.2) is 165 Å². The van der Waals surface area contributed by atoms with Crippen LogP contribution in [0.1, 0.15) is 49.9 Å². The minimum atomic E-state index is -3.71. The van der Waals surface area contributed by atoms with Gasteiger partial charge in [-0.2, -0.15) is 0 Å². The van der Waals surface area contributed by atoms with Crippen LogP contribution >= 0.6 is 22.7 Å². The average molecular weight is 833 g/mol. The van der Waals surface area contributed by atoms with Gasteiger partial charge in [0.15, 0.2) is 0 Å². The minimum Gasteiger partial charge on any atom is -0.308 e. The molecule has 2 aliphatic rings. The summed E-state index contributed by atoms with van der Waals surface area (Å²) in [6, 6.07) is 47.4. The fourth-order valence-corrected chi connectivity index (χ4v) is 15.3. The second kappa shape index (κ2) is 12.0. The molecule has 0 amide bonds. The molecule has 11 rings (SSSR count). The molecule has 0 saturated carbocycles. The molecule has 4 heterocycles. The van der Waals surface area contributed by atoms with Crippen molar-refractivity contribution < 1.29 is 16.8 Å². The average Bonchev–Trinajstić information content (AvgIpc) is 3.23. The molecule has 0 atom stereocenters. The summed E-state index contributed by atoms with van der Waals surface area (Å²) >= 11 is 3.43. The first-order valence-corrected chi connectivity index (χ1v) is 23.7. The van der Waals surface area contributed by atoms with Crippen molar-refractivity contribution in [3.05, 3.63) is 168 Å². The van der Waals surface area contributed by atoms with Gasteiger partial charge in [0.25, 0.3) is 0 Å². The van der Waals surface area contributed by atoms with Gasteiger partial charge >= 0.3 is 0 Å². The van der Waals surface area contributed by atoms with Gasteiger partial charge in [-0.15, -0.1) is 22.7 Å². The maximum Gasteiger partial charge on any atom is 0.207 e. The number of para-hydroxylation sites is 2. The lowest BCUT2D eigenvalue weighted by Gasteiger charge is -2.35. The monoisotopic (exact) mass is 832 g/mol. The molecule has 9 aromatic rings. The van der Waals surface area contributed by atoms with Gasteiger partial charge in [-0.1, -0.05) is 88.4 Å². The third-order valence-corrected chi connectivity index (χ3v) is 18.2. The summed E-state index contributed by atoms with van der Waals surface area (Å²) in [5.74, 6) is 0. The second-order valence-corrected chi connectivity index (χ2v) is 22.1. The second-order valence-electron chi connectivity index (χ2n) is 16.2. The summed E-state index contributed by atoms with van der Waals surface area (Å²) < 4.78 is 64.9. The van der Waals surface area contributed by atoms with E-state index in [1.807, 2.05) is 60.7 Å². The Morgan fingerprint density at radius 3 is 1.17 bits per heavy atom. The minimum absolute atomic E-state index is 0.345. The van der Waals surface area contributed by atoms with Gasteiger partial charge in [0.2, 0.25) is 19.7 Å². The Bertz CT molecular complexity index is 3320. The summed E-state index contributed by atoms with van der Waals surface area (Å²) in [5.41, 5.74) is 7.84. The number of hydrogen-bond donors (Lipinski definition) is 0. The number of fused-ring (bicyclic) bond motifs is 8. The lowest BCUT2D eigenvalue weighted by molar-refractivity contribution is 0.555. The van der Waals surface area contributed by atoms with Crippen molar-refractivity contribution in [2.45, 2.75) is 58.1 Å². The van der Waals surface area contributed by atoms with E-state index in [0.29, 0.717) is 19.6 Å². The summed E-state index contributed by atoms with van der Waals surface area (Å²) in [6.07, 6.45) is 0. The van der Waals surface area contributed by atoms with Gasteiger partial charge < -0.3 is 9.13 Å². The van der Waals surface area contributed by atoms with Crippen molar-refractivity contribution in [1.29, 1.82) is 0 Å². The van der Waals surface area contributed by atoms with E-state index in [1.165, 1.54) is 0 Å². The van der Waals surface area contributed by atoms with E-state index in [9.17, 15) is 16.8 Å². The topological polar surface area (TPSA) is 78.1 Å². The zero-order chi connectivity index (χ0) is 39.9. The summed E-state index contributed by atoms with van der Waals surface area (Å²) in [5, 5.41) is 0. The predicted molar refractivity (Wildman–Crippen MR) is 237 cm³/mol. The maximum absolute atomic E-state index is 14.0. The van der Waals surface area contributed by atoms with E-state index in [4.69, 9.17) is 0 Å². The zero-order valence-corrected chi connectivity index (χ0v) is 35.3. The van der Waals surface area contributed by atoms with Crippen LogP contribution < -0.4 is 0 Å². The number of sulfone groups is 2. The molecule has 0 saturated heterocycles. The molecule has 2 aromatic heterocycles. The van der Waals surface area contributed by atoms with E-state index in [0.717, 1.165) is 74.5 Å². The van der Waals surface area contributed by atoms with Crippen LogP contribution in [0.3, 0.4) is 0 Å². The van der Waals surface area contributed by atoms with Crippen LogP contribution in [0.25, 0.3) is 52.2 Å². The van der Waals surface area contributed by atoms with E-state index in [2.05, 4.69) is 85.4 Å². The van der Waals surface area contributed by atoms with Crippen LogP contribution in [0.2, 0.25) is 0 Å². The van der Waals surface area contributed by atoms with Gasteiger partial charge in [0.05, 0.1) is 60.4 Å². The van der Waals surface area contributed by atoms with E-state index in [-0.39, 0.29) is 0 Å². The predicted octanol–water partition coefficient (Wildman–Crippen LogP) is 12.1. The van der Waals surface area contributed by atoms with Crippen molar-refractivity contribution in [2.75, 3.05) is 0 Å². The summed E-state index contributed by atoms with van der Waals surface area (Å²) in [7, 11) is -7.43. The van der Waals surface area contributed by atoms with E-state index < -0.39 is 30.5 Å². The van der Waals surface area contributed by atoms with Gasteiger partial charge in [-0.3, -0.25) is 0 Å². The lowest BCUT2D eigenvalue weighted by atomic mass is 9.77. The van der Waals surface area contributed by atoms with Crippen molar-refractivity contribution in [2.24, 2.45) is 0 Å². The molecule has 0 spiro atoms. The molecule has 0 bridgehead atoms. The Hall–Kier alpha value is -5.52. The number of nitrogens with zero attached hydrogens (tertiary/aromatic N) is 2. The first-order valence-electron chi connectivity index (χ1n) is 19.1. The molecule has 286 valence electrons. The summed E-state index contributed by atoms with van der Waals surface area (Å²) in [4.78, 5) is 1.43. The van der Waals surface area contributed by atoms with Crippen LogP contribution in [-0.4, -0.2) is 26.0 Å². The standard InChI is InChI=1S/C48H36N2O4S4/c1-47(2)31-13-5-11-19-43(31)57(51,52)45-23-21-29(25-33(45)47)49-35-15-7-9-17-39(35)55-41-28-38-42(27-37(41)49)56-40-18-10-8-16-36(40)50(38)30-22-24-46-34(26-30)48(3,4)32-14-6-12-20-44(32)58(46,53)54/h5-28H,1-4H3. The highest BCUT2D eigenvalue weighted by atomic mass is 32.2. The van der Waals surface area contributed by atoms with Crippen molar-refractivity contribution >= 4 is 83.2 Å². The zero-order valence-electron chi connectivity index (χ0n) is 32.0. The molecule has 0 radical (unpaired) electrons. The van der Waals surface area contributed by atoms with Gasteiger partial charge in [-0.25, -0.2) is 16.8 Å². The normalized spacial score (nSPS) is 16.8. The maximum atomic E-state index is 14.0. The summed E-state index contributed by atoms with van der Waals surface area (Å²) in [6.45, 7) is 8.41. The number of benzene rings is 7. The van der Waals surface area contributed by atoms with Crippen molar-refractivity contribution in [3.63, 3.8) is 0 Å². The Labute approximate surface area is 344 Å². The molecule has 0 fully saturated rings. The number of hydrogen-bond acceptors (Lipinski definition) is 6. The molecular weight excluding hydrogens is 797 g/mol. The van der Waals surface area contributed by atoms with E-state index in [1.54, 1.807) is 59.1 Å². The van der Waals surface area contributed by atoms with Gasteiger partial charge in [0.1, 0.15) is 0 Å². The highest BCUT2D eigenvalue weighted by Crippen LogP contribution is 2.49. The Morgan fingerprint density at radius 1 is 0.379 bits per heavy atom. The smallest absolute Gasteiger partial charge is 0.207 e. The van der Waals surface area contributed by atoms with Crippen LogP contribution in [0.5, 0.6) is 0 Å². The van der Waals surface area contributed by atoms with Gasteiger partial charge in [0, 0.05) is 22.2 Å². The quantitative estimate of drug-likeness (QED) is 0.163. The Kier molecular flexibility index (Phi) is 7.38. The number of rotatable bonds is 2. The molecule has 0 N–H and O–H groups in total. The van der Waals surface area contributed by atoms with E-state index >= 15 is 0 Å². The fourth-order valence-electron chi connectivity index (χ4n) is 9.28. The first-order chi connectivity index (χ1) is 27.8. The SMILES string of the molecule is CC1(C)c2ccccc2S(=O)(=O)c2ccc(-n3c4ccccc4sc4cc5c(cc43)sc3ccccc3n5-c3ccc4c(c3)C(C)(C)c3ccccc3S4(=O)=O)cc21. The lowest BCUT2D eigenvalue weighted by Crippen LogP contribution is -2.30. The van der Waals surface area contributed by atoms with Gasteiger partial charge in [-0.05, 0) is 107 Å². The molecule has 0 unspecified atom stereocenters. The largest absolute Gasteiger partial charge is 0.308 e. The van der Waals surface area contributed by atoms with Crippen LogP contribution in [-0.2, 0) is 30.5 Å². The Balaban J connectivity index is 1.19. The molecular formula is C48H36N2O4S4. The molecule has 58 heavy (non-hydrogen) atoms. The first kappa shape index (κ1) is 35.6. The molecule has 7 aromatic carbocycles. The third kappa shape index (κ3) is 4.80. The third-order valence-electron chi connectivity index (χ3n) is 12.2. The Morgan fingerprint density at radius 2 is 0.741 bits per heavy atom. The highest BCUT2D eigenvalue weighted by Gasteiger charge is 2.42. The van der Waals surface area contributed by atoms with Crippen molar-refractivity contribution in [3.8, 4) is 11.4 Å². The molecule has 0 aliphatic carbocycles. The molecule has 2 aliphatic heterocycles. The van der Waals surface area contributed by atoms with Crippen LogP contribution in [0.4, 0.5) is 0 Å². The van der Waals surface area contributed by atoms with Crippen LogP contribution in [0, 0.1) is 0 Å². The van der Waals surface area contributed by atoms with Crippen molar-refractivity contribution in [1.82, 2.24) is 9.13 Å². The fraction of sp³-hybridized carbons (Fsp3) is 0.125.